The van der Waals surface area contributed by atoms with E-state index in [1.54, 1.807) is 19.1 Å². The van der Waals surface area contributed by atoms with Crippen molar-refractivity contribution in [3.8, 4) is 0 Å². The maximum atomic E-state index is 13.2. The molecule has 0 aliphatic rings. The number of hydrogen-bond donors (Lipinski definition) is 1. The van der Waals surface area contributed by atoms with Crippen molar-refractivity contribution >= 4 is 5.97 Å². The third-order valence-electron chi connectivity index (χ3n) is 3.31. The number of aryl methyl sites for hydroxylation is 1. The summed E-state index contributed by atoms with van der Waals surface area (Å²) >= 11 is 0. The molecular formula is C16H18FNO3. The number of carbonyl (C=O) groups excluding carboxylic acids is 1. The maximum absolute atomic E-state index is 13.2. The molecule has 0 bridgehead atoms. The van der Waals surface area contributed by atoms with Crippen molar-refractivity contribution in [2.75, 3.05) is 7.11 Å². The minimum absolute atomic E-state index is 0.0346. The quantitative estimate of drug-likeness (QED) is 0.858. The second-order valence-electron chi connectivity index (χ2n) is 4.83. The van der Waals surface area contributed by atoms with Crippen LogP contribution in [0.25, 0.3) is 0 Å². The zero-order chi connectivity index (χ0) is 15.4. The molecule has 21 heavy (non-hydrogen) atoms. The topological polar surface area (TPSA) is 51.5 Å². The van der Waals surface area contributed by atoms with E-state index in [2.05, 4.69) is 10.1 Å². The van der Waals surface area contributed by atoms with Crippen LogP contribution in [0.4, 0.5) is 4.39 Å². The van der Waals surface area contributed by atoms with Crippen LogP contribution < -0.4 is 5.32 Å². The van der Waals surface area contributed by atoms with Gasteiger partial charge in [-0.05, 0) is 37.6 Å². The van der Waals surface area contributed by atoms with Crippen LogP contribution in [0.5, 0.6) is 0 Å². The van der Waals surface area contributed by atoms with E-state index in [0.717, 1.165) is 5.56 Å². The molecule has 2 rings (SSSR count). The molecule has 1 atom stereocenters. The van der Waals surface area contributed by atoms with E-state index in [4.69, 9.17) is 4.42 Å². The van der Waals surface area contributed by atoms with Crippen molar-refractivity contribution in [1.82, 2.24) is 5.32 Å². The van der Waals surface area contributed by atoms with Crippen LogP contribution in [0.1, 0.15) is 40.4 Å². The molecule has 0 spiro atoms. The molecule has 0 aliphatic heterocycles. The van der Waals surface area contributed by atoms with Gasteiger partial charge in [0.25, 0.3) is 0 Å². The molecule has 1 heterocycles. The van der Waals surface area contributed by atoms with Gasteiger partial charge in [0.15, 0.2) is 0 Å². The van der Waals surface area contributed by atoms with Crippen molar-refractivity contribution in [3.63, 3.8) is 0 Å². The monoisotopic (exact) mass is 291 g/mol. The van der Waals surface area contributed by atoms with E-state index in [1.165, 1.54) is 19.2 Å². The summed E-state index contributed by atoms with van der Waals surface area (Å²) in [5, 5.41) is 3.23. The van der Waals surface area contributed by atoms with Crippen molar-refractivity contribution in [1.29, 1.82) is 0 Å². The highest BCUT2D eigenvalue weighted by molar-refractivity contribution is 5.90. The fraction of sp³-hybridized carbons (Fsp3) is 0.312. The van der Waals surface area contributed by atoms with Crippen LogP contribution in [-0.2, 0) is 11.3 Å². The van der Waals surface area contributed by atoms with Gasteiger partial charge in [0.2, 0.25) is 0 Å². The molecule has 0 saturated heterocycles. The molecule has 0 amide bonds. The highest BCUT2D eigenvalue weighted by atomic mass is 19.1. The lowest BCUT2D eigenvalue weighted by atomic mass is 10.1. The SMILES string of the molecule is COC(=O)c1cc(CN[C@@H](C)c2cccc(F)c2)oc1C. The number of halogens is 1. The smallest absolute Gasteiger partial charge is 0.341 e. The first-order chi connectivity index (χ1) is 10.0. The van der Waals surface area contributed by atoms with Gasteiger partial charge in [0, 0.05) is 6.04 Å². The zero-order valence-corrected chi connectivity index (χ0v) is 12.3. The number of hydrogen-bond acceptors (Lipinski definition) is 4. The van der Waals surface area contributed by atoms with Gasteiger partial charge in [-0.3, -0.25) is 0 Å². The number of ether oxygens (including phenoxy) is 1. The Balaban J connectivity index is 2.01. The standard InChI is InChI=1S/C16H18FNO3/c1-10(12-5-4-6-13(17)7-12)18-9-14-8-15(11(2)21-14)16(19)20-3/h4-8,10,18H,9H2,1-3H3/t10-/m0/s1. The van der Waals surface area contributed by atoms with Gasteiger partial charge in [0.1, 0.15) is 22.9 Å². The Morgan fingerprint density at radius 1 is 1.43 bits per heavy atom. The largest absolute Gasteiger partial charge is 0.465 e. The fourth-order valence-electron chi connectivity index (χ4n) is 2.09. The van der Waals surface area contributed by atoms with Crippen LogP contribution >= 0.6 is 0 Å². The normalized spacial score (nSPS) is 12.2. The summed E-state index contributed by atoms with van der Waals surface area (Å²) in [7, 11) is 1.33. The predicted octanol–water partition coefficient (Wildman–Crippen LogP) is 3.36. The average Bonchev–Trinajstić information content (AvgIpc) is 2.85. The summed E-state index contributed by atoms with van der Waals surface area (Å²) in [6, 6.07) is 8.06. The lowest BCUT2D eigenvalue weighted by molar-refractivity contribution is 0.0599. The van der Waals surface area contributed by atoms with Gasteiger partial charge in [-0.2, -0.15) is 0 Å². The van der Waals surface area contributed by atoms with Crippen molar-refractivity contribution in [2.45, 2.75) is 26.4 Å². The fourth-order valence-corrected chi connectivity index (χ4v) is 2.09. The first-order valence-corrected chi connectivity index (χ1v) is 6.67. The van der Waals surface area contributed by atoms with Crippen LogP contribution in [0.2, 0.25) is 0 Å². The molecule has 2 aromatic rings. The summed E-state index contributed by atoms with van der Waals surface area (Å²) in [6.45, 7) is 4.09. The van der Waals surface area contributed by atoms with E-state index in [9.17, 15) is 9.18 Å². The molecule has 1 aromatic carbocycles. The lowest BCUT2D eigenvalue weighted by Gasteiger charge is -2.13. The van der Waals surface area contributed by atoms with E-state index >= 15 is 0 Å². The average molecular weight is 291 g/mol. The molecule has 0 fully saturated rings. The van der Waals surface area contributed by atoms with Gasteiger partial charge >= 0.3 is 5.97 Å². The molecule has 1 aromatic heterocycles. The van der Waals surface area contributed by atoms with Gasteiger partial charge in [0.05, 0.1) is 13.7 Å². The Morgan fingerprint density at radius 3 is 2.86 bits per heavy atom. The minimum Gasteiger partial charge on any atom is -0.465 e. The zero-order valence-electron chi connectivity index (χ0n) is 12.3. The highest BCUT2D eigenvalue weighted by Gasteiger charge is 2.15. The van der Waals surface area contributed by atoms with E-state index in [0.29, 0.717) is 23.6 Å². The highest BCUT2D eigenvalue weighted by Crippen LogP contribution is 2.18. The minimum atomic E-state index is -0.416. The Labute approximate surface area is 122 Å². The Kier molecular flexibility index (Phi) is 4.75. The number of benzene rings is 1. The number of furan rings is 1. The molecule has 0 saturated carbocycles. The van der Waals surface area contributed by atoms with Gasteiger partial charge in [-0.25, -0.2) is 9.18 Å². The van der Waals surface area contributed by atoms with Crippen LogP contribution in [0, 0.1) is 12.7 Å². The van der Waals surface area contributed by atoms with Crippen molar-refractivity contribution < 1.29 is 18.3 Å². The summed E-state index contributed by atoms with van der Waals surface area (Å²) in [5.74, 6) is 0.483. The predicted molar refractivity (Wildman–Crippen MR) is 76.4 cm³/mol. The third-order valence-corrected chi connectivity index (χ3v) is 3.31. The molecule has 1 N–H and O–H groups in total. The molecule has 0 unspecified atom stereocenters. The Morgan fingerprint density at radius 2 is 2.19 bits per heavy atom. The first-order valence-electron chi connectivity index (χ1n) is 6.67. The van der Waals surface area contributed by atoms with Crippen molar-refractivity contribution in [3.05, 3.63) is 58.8 Å². The lowest BCUT2D eigenvalue weighted by Crippen LogP contribution is -2.17. The number of carbonyl (C=O) groups is 1. The molecule has 4 nitrogen and oxygen atoms in total. The van der Waals surface area contributed by atoms with Crippen LogP contribution in [-0.4, -0.2) is 13.1 Å². The second kappa shape index (κ2) is 6.54. The Bertz CT molecular complexity index is 636. The summed E-state index contributed by atoms with van der Waals surface area (Å²) in [5.41, 5.74) is 1.28. The molecule has 0 radical (unpaired) electrons. The van der Waals surface area contributed by atoms with Crippen LogP contribution in [0.3, 0.4) is 0 Å². The second-order valence-corrected chi connectivity index (χ2v) is 4.83. The maximum Gasteiger partial charge on any atom is 0.341 e. The molecular weight excluding hydrogens is 273 g/mol. The van der Waals surface area contributed by atoms with E-state index < -0.39 is 5.97 Å². The third kappa shape index (κ3) is 3.70. The number of esters is 1. The van der Waals surface area contributed by atoms with E-state index in [-0.39, 0.29) is 11.9 Å². The van der Waals surface area contributed by atoms with E-state index in [1.807, 2.05) is 13.0 Å². The molecule has 112 valence electrons. The summed E-state index contributed by atoms with van der Waals surface area (Å²) in [4.78, 5) is 11.5. The number of methoxy groups -OCH3 is 1. The van der Waals surface area contributed by atoms with Crippen molar-refractivity contribution in [2.24, 2.45) is 0 Å². The van der Waals surface area contributed by atoms with Gasteiger partial charge in [-0.15, -0.1) is 0 Å². The summed E-state index contributed by atoms with van der Waals surface area (Å²) < 4.78 is 23.4. The van der Waals surface area contributed by atoms with Gasteiger partial charge < -0.3 is 14.5 Å². The molecule has 0 aliphatic carbocycles. The number of nitrogens with one attached hydrogen (secondary N) is 1. The molecule has 5 heteroatoms. The van der Waals surface area contributed by atoms with Crippen LogP contribution in [0.15, 0.2) is 34.7 Å². The Hall–Kier alpha value is -2.14. The first kappa shape index (κ1) is 15.3. The number of rotatable bonds is 5. The van der Waals surface area contributed by atoms with Gasteiger partial charge in [-0.1, -0.05) is 12.1 Å². The summed E-state index contributed by atoms with van der Waals surface area (Å²) in [6.07, 6.45) is 0.